The SMILES string of the molecule is C1CCC1.C1CCC1.C1CCC1.C1CCC1.C1CCC1.C1CCCCCCCCCCCCC1.C1CCCCCCCCCCCCCCCCCCCCCCCCCCCCCCCCCCCCC1. The van der Waals surface area contributed by atoms with Crippen molar-refractivity contribution in [3.8, 4) is 0 Å². The Morgan fingerprint density at radius 2 is 0.0417 bits per heavy atom. The van der Waals surface area contributed by atoms with E-state index in [-0.39, 0.29) is 0 Å². The molecule has 0 aromatic carbocycles. The van der Waals surface area contributed by atoms with Gasteiger partial charge in [0.2, 0.25) is 0 Å². The van der Waals surface area contributed by atoms with E-state index in [0.29, 0.717) is 0 Å². The molecule has 7 rings (SSSR count). The van der Waals surface area contributed by atoms with Gasteiger partial charge in [-0.25, -0.2) is 0 Å². The summed E-state index contributed by atoms with van der Waals surface area (Å²) in [7, 11) is 0. The lowest BCUT2D eigenvalue weighted by molar-refractivity contribution is 0.504. The Labute approximate surface area is 460 Å². The first-order chi connectivity index (χ1) is 36.0. The van der Waals surface area contributed by atoms with Crippen molar-refractivity contribution in [1.29, 1.82) is 0 Å². The molecule has 432 valence electrons. The Bertz CT molecular complexity index is 549. The van der Waals surface area contributed by atoms with Crippen molar-refractivity contribution in [2.75, 3.05) is 0 Å². The predicted octanol–water partition coefficient (Wildman–Crippen LogP) is 28.1. The summed E-state index contributed by atoms with van der Waals surface area (Å²) in [4.78, 5) is 0. The van der Waals surface area contributed by atoms with Crippen LogP contribution in [0.3, 0.4) is 0 Å². The third-order valence-corrected chi connectivity index (χ3v) is 18.0. The molecule has 0 aromatic heterocycles. The summed E-state index contributed by atoms with van der Waals surface area (Å²) < 4.78 is 0. The van der Waals surface area contributed by atoms with E-state index in [2.05, 4.69) is 0 Å². The Kier molecular flexibility index (Phi) is 65.3. The highest BCUT2D eigenvalue weighted by molar-refractivity contribution is 4.57. The zero-order chi connectivity index (χ0) is 50.9. The van der Waals surface area contributed by atoms with Crippen molar-refractivity contribution >= 4 is 0 Å². The van der Waals surface area contributed by atoms with Crippen LogP contribution in [0.15, 0.2) is 0 Å². The first-order valence-electron chi connectivity index (χ1n) is 36.0. The lowest BCUT2D eigenvalue weighted by Crippen LogP contribution is -1.85. The van der Waals surface area contributed by atoms with Crippen LogP contribution in [0.5, 0.6) is 0 Å². The van der Waals surface area contributed by atoms with E-state index >= 15 is 0 Å². The highest BCUT2D eigenvalue weighted by Gasteiger charge is 2.02. The van der Waals surface area contributed by atoms with Crippen LogP contribution in [0.4, 0.5) is 0 Å². The van der Waals surface area contributed by atoms with Crippen molar-refractivity contribution < 1.29 is 0 Å². The maximum absolute atomic E-state index is 1.50. The van der Waals surface area contributed by atoms with E-state index in [1.807, 2.05) is 0 Å². The molecule has 0 heteroatoms. The second-order valence-electron chi connectivity index (χ2n) is 25.5. The van der Waals surface area contributed by atoms with E-state index in [9.17, 15) is 0 Å². The van der Waals surface area contributed by atoms with Crippen LogP contribution in [0.25, 0.3) is 0 Å². The van der Waals surface area contributed by atoms with E-state index in [4.69, 9.17) is 0 Å². The van der Waals surface area contributed by atoms with E-state index in [1.54, 1.807) is 0 Å². The average molecular weight is 1010 g/mol. The molecule has 0 aliphatic heterocycles. The summed E-state index contributed by atoms with van der Waals surface area (Å²) in [5, 5.41) is 0. The molecule has 7 aliphatic carbocycles. The van der Waals surface area contributed by atoms with Crippen molar-refractivity contribution in [2.45, 2.75) is 462 Å². The zero-order valence-corrected chi connectivity index (χ0v) is 50.9. The summed E-state index contributed by atoms with van der Waals surface area (Å²) in [6.45, 7) is 0. The minimum absolute atomic E-state index is 1.50. The van der Waals surface area contributed by atoms with Gasteiger partial charge in [0.1, 0.15) is 0 Å². The van der Waals surface area contributed by atoms with Crippen LogP contribution in [-0.4, -0.2) is 0 Å². The fourth-order valence-electron chi connectivity index (χ4n) is 10.4. The Balaban J connectivity index is 0.000000595. The molecule has 0 N–H and O–H groups in total. The van der Waals surface area contributed by atoms with E-state index in [0.717, 1.165) is 0 Å². The molecule has 0 amide bonds. The van der Waals surface area contributed by atoms with Crippen molar-refractivity contribution in [1.82, 2.24) is 0 Å². The molecular formula is C72H144. The summed E-state index contributed by atoms with van der Waals surface area (Å²) in [5.41, 5.74) is 0. The monoisotopic (exact) mass is 1010 g/mol. The predicted molar refractivity (Wildman–Crippen MR) is 332 cm³/mol. The largest absolute Gasteiger partial charge is 0.0533 e. The van der Waals surface area contributed by atoms with Gasteiger partial charge in [0.05, 0.1) is 0 Å². The molecule has 0 heterocycles. The standard InChI is InChI=1S/C38H76.C14H28.5C4H8/c1-2-4-6-8-10-12-14-16-18-20-22-24-26-28-30-32-34-36-38-37-35-33-31-29-27-25-23-21-19-17-15-13-11-9-7-5-3-1;1-2-4-6-8-10-12-14-13-11-9-7-5-3-1;5*1-2-4-3-1/h1-38H2;1-14H2;5*1-4H2. The van der Waals surface area contributed by atoms with Crippen LogP contribution in [0.1, 0.15) is 462 Å². The van der Waals surface area contributed by atoms with Gasteiger partial charge in [0, 0.05) is 0 Å². The molecule has 0 radical (unpaired) electrons. The molecule has 0 aromatic rings. The first kappa shape index (κ1) is 70.0. The van der Waals surface area contributed by atoms with Crippen LogP contribution >= 0.6 is 0 Å². The van der Waals surface area contributed by atoms with Gasteiger partial charge in [-0.15, -0.1) is 0 Å². The van der Waals surface area contributed by atoms with Gasteiger partial charge < -0.3 is 0 Å². The molecule has 0 nitrogen and oxygen atoms in total. The smallest absolute Gasteiger partial charge is 0.0533 e. The van der Waals surface area contributed by atoms with Crippen molar-refractivity contribution in [3.63, 3.8) is 0 Å². The van der Waals surface area contributed by atoms with Gasteiger partial charge in [-0.3, -0.25) is 0 Å². The number of hydrogen-bond acceptors (Lipinski definition) is 0. The quantitative estimate of drug-likeness (QED) is 0.227. The van der Waals surface area contributed by atoms with Gasteiger partial charge in [0.15, 0.2) is 0 Å². The lowest BCUT2D eigenvalue weighted by atomic mass is 10.0. The van der Waals surface area contributed by atoms with E-state index < -0.39 is 0 Å². The molecule has 0 atom stereocenters. The second kappa shape index (κ2) is 67.1. The van der Waals surface area contributed by atoms with Crippen LogP contribution in [0, 0.1) is 0 Å². The fraction of sp³-hybridized carbons (Fsp3) is 1.00. The van der Waals surface area contributed by atoms with Gasteiger partial charge in [-0.1, -0.05) is 462 Å². The zero-order valence-electron chi connectivity index (χ0n) is 50.9. The molecule has 72 heavy (non-hydrogen) atoms. The van der Waals surface area contributed by atoms with Gasteiger partial charge in [-0.2, -0.15) is 0 Å². The van der Waals surface area contributed by atoms with Crippen LogP contribution in [0.2, 0.25) is 0 Å². The summed E-state index contributed by atoms with van der Waals surface area (Å²) >= 11 is 0. The highest BCUT2D eigenvalue weighted by Crippen LogP contribution is 2.21. The fourth-order valence-corrected chi connectivity index (χ4v) is 10.4. The normalized spacial score (nSPS) is 24.0. The van der Waals surface area contributed by atoms with E-state index in [1.165, 1.54) is 462 Å². The molecule has 7 aliphatic rings. The number of rotatable bonds is 0. The van der Waals surface area contributed by atoms with Crippen LogP contribution < -0.4 is 0 Å². The summed E-state index contributed by atoms with van der Waals surface area (Å²) in [6.07, 6.45) is 108. The molecule has 7 fully saturated rings. The first-order valence-corrected chi connectivity index (χ1v) is 36.0. The van der Waals surface area contributed by atoms with Crippen molar-refractivity contribution in [3.05, 3.63) is 0 Å². The minimum Gasteiger partial charge on any atom is -0.0533 e. The maximum atomic E-state index is 1.50. The minimum atomic E-state index is 1.50. The third-order valence-electron chi connectivity index (χ3n) is 18.0. The van der Waals surface area contributed by atoms with Crippen molar-refractivity contribution in [2.24, 2.45) is 0 Å². The van der Waals surface area contributed by atoms with Crippen LogP contribution in [-0.2, 0) is 0 Å². The second-order valence-corrected chi connectivity index (χ2v) is 25.5. The summed E-state index contributed by atoms with van der Waals surface area (Å²) in [5.74, 6) is 0. The highest BCUT2D eigenvalue weighted by atomic mass is 14.1. The average Bonchev–Trinajstić information content (AvgIpc) is 3.27. The Hall–Kier alpha value is 0. The lowest BCUT2D eigenvalue weighted by Gasteiger charge is -2.05. The topological polar surface area (TPSA) is 0 Å². The Morgan fingerprint density at radius 1 is 0.0278 bits per heavy atom. The molecule has 0 saturated heterocycles. The molecule has 0 unspecified atom stereocenters. The molecule has 0 spiro atoms. The Morgan fingerprint density at radius 3 is 0.0556 bits per heavy atom. The third kappa shape index (κ3) is 64.3. The van der Waals surface area contributed by atoms with Gasteiger partial charge >= 0.3 is 0 Å². The van der Waals surface area contributed by atoms with Gasteiger partial charge in [-0.05, 0) is 0 Å². The number of hydrogen-bond donors (Lipinski definition) is 0. The molecular weight excluding hydrogens is 865 g/mol. The molecule has 7 saturated carbocycles. The maximum Gasteiger partial charge on any atom is -0.0533 e. The van der Waals surface area contributed by atoms with Gasteiger partial charge in [0.25, 0.3) is 0 Å². The summed E-state index contributed by atoms with van der Waals surface area (Å²) in [6, 6.07) is 0. The molecule has 0 bridgehead atoms.